The van der Waals surface area contributed by atoms with Crippen molar-refractivity contribution in [2.45, 2.75) is 6.54 Å². The lowest BCUT2D eigenvalue weighted by Gasteiger charge is -2.14. The van der Waals surface area contributed by atoms with E-state index in [1.165, 1.54) is 4.90 Å². The Morgan fingerprint density at radius 1 is 0.935 bits per heavy atom. The maximum Gasteiger partial charge on any atom is 0.272 e. The summed E-state index contributed by atoms with van der Waals surface area (Å²) >= 11 is 6.31. The van der Waals surface area contributed by atoms with E-state index in [-0.39, 0.29) is 11.8 Å². The van der Waals surface area contributed by atoms with E-state index in [4.69, 9.17) is 11.6 Å². The fourth-order valence-corrected chi connectivity index (χ4v) is 3.70. The number of anilines is 1. The molecule has 3 aromatic carbocycles. The standard InChI is InChI=1S/C25H22ClN3O2/c1-28(2)25(31)19-12-13-20(26)21(14-19)27-24(30)23-15-18-10-6-7-11-22(18)29(23)16-17-8-4-3-5-9-17/h3-15H,16H2,1-2H3,(H,27,30). The molecule has 0 aliphatic rings. The molecule has 0 saturated carbocycles. The molecule has 6 heteroatoms. The normalized spacial score (nSPS) is 10.8. The molecule has 156 valence electrons. The van der Waals surface area contributed by atoms with Gasteiger partial charge in [-0.2, -0.15) is 0 Å². The van der Waals surface area contributed by atoms with Crippen molar-refractivity contribution >= 4 is 40.0 Å². The minimum atomic E-state index is -0.288. The molecule has 0 aliphatic carbocycles. The number of para-hydroxylation sites is 1. The Labute approximate surface area is 185 Å². The van der Waals surface area contributed by atoms with Gasteiger partial charge in [-0.05, 0) is 35.9 Å². The summed E-state index contributed by atoms with van der Waals surface area (Å²) in [5.74, 6) is -0.450. The van der Waals surface area contributed by atoms with Gasteiger partial charge in [0.1, 0.15) is 5.69 Å². The molecule has 5 nitrogen and oxygen atoms in total. The van der Waals surface area contributed by atoms with Gasteiger partial charge in [-0.1, -0.05) is 60.1 Å². The van der Waals surface area contributed by atoms with Crippen LogP contribution in [0.15, 0.2) is 78.9 Å². The van der Waals surface area contributed by atoms with Crippen molar-refractivity contribution in [3.63, 3.8) is 0 Å². The van der Waals surface area contributed by atoms with Gasteiger partial charge >= 0.3 is 0 Å². The number of halogens is 1. The fraction of sp³-hybridized carbons (Fsp3) is 0.120. The van der Waals surface area contributed by atoms with Gasteiger partial charge in [0.25, 0.3) is 11.8 Å². The van der Waals surface area contributed by atoms with E-state index >= 15 is 0 Å². The zero-order valence-corrected chi connectivity index (χ0v) is 18.1. The first-order valence-corrected chi connectivity index (χ1v) is 10.3. The van der Waals surface area contributed by atoms with Crippen molar-refractivity contribution in [3.05, 3.63) is 101 Å². The van der Waals surface area contributed by atoms with E-state index in [0.29, 0.717) is 28.5 Å². The lowest BCUT2D eigenvalue weighted by atomic mass is 10.1. The van der Waals surface area contributed by atoms with E-state index in [9.17, 15) is 9.59 Å². The van der Waals surface area contributed by atoms with Gasteiger partial charge < -0.3 is 14.8 Å². The van der Waals surface area contributed by atoms with Crippen LogP contribution in [0.25, 0.3) is 10.9 Å². The molecule has 1 N–H and O–H groups in total. The van der Waals surface area contributed by atoms with Crippen LogP contribution in [0.1, 0.15) is 26.4 Å². The third kappa shape index (κ3) is 4.32. The summed E-state index contributed by atoms with van der Waals surface area (Å²) in [5, 5.41) is 4.23. The molecular weight excluding hydrogens is 410 g/mol. The Hall–Kier alpha value is -3.57. The van der Waals surface area contributed by atoms with Crippen LogP contribution < -0.4 is 5.32 Å². The molecule has 0 unspecified atom stereocenters. The molecule has 0 atom stereocenters. The van der Waals surface area contributed by atoms with Gasteiger partial charge in [0, 0.05) is 37.1 Å². The maximum atomic E-state index is 13.3. The predicted octanol–water partition coefficient (Wildman–Crippen LogP) is 5.30. The molecule has 0 fully saturated rings. The molecule has 0 aliphatic heterocycles. The first-order valence-electron chi connectivity index (χ1n) is 9.89. The summed E-state index contributed by atoms with van der Waals surface area (Å²) < 4.78 is 1.99. The van der Waals surface area contributed by atoms with Crippen molar-refractivity contribution in [1.29, 1.82) is 0 Å². The third-order valence-electron chi connectivity index (χ3n) is 5.09. The lowest BCUT2D eigenvalue weighted by molar-refractivity contribution is 0.0827. The SMILES string of the molecule is CN(C)C(=O)c1ccc(Cl)c(NC(=O)c2cc3ccccc3n2Cc2ccccc2)c1. The van der Waals surface area contributed by atoms with Gasteiger partial charge in [-0.25, -0.2) is 0 Å². The van der Waals surface area contributed by atoms with Crippen molar-refractivity contribution in [2.75, 3.05) is 19.4 Å². The highest BCUT2D eigenvalue weighted by atomic mass is 35.5. The average Bonchev–Trinajstić information content (AvgIpc) is 3.14. The quantitative estimate of drug-likeness (QED) is 0.466. The number of amides is 2. The largest absolute Gasteiger partial charge is 0.345 e. The van der Waals surface area contributed by atoms with Crippen LogP contribution in [0.4, 0.5) is 5.69 Å². The minimum absolute atomic E-state index is 0.162. The first-order chi connectivity index (χ1) is 14.9. The molecule has 1 heterocycles. The maximum absolute atomic E-state index is 13.3. The Kier molecular flexibility index (Phi) is 5.78. The summed E-state index contributed by atoms with van der Waals surface area (Å²) in [7, 11) is 3.36. The van der Waals surface area contributed by atoms with E-state index < -0.39 is 0 Å². The smallest absolute Gasteiger partial charge is 0.272 e. The summed E-state index contributed by atoms with van der Waals surface area (Å²) in [4.78, 5) is 27.1. The predicted molar refractivity (Wildman–Crippen MR) is 125 cm³/mol. The number of carbonyl (C=O) groups is 2. The van der Waals surface area contributed by atoms with Gasteiger partial charge in [0.2, 0.25) is 0 Å². The zero-order valence-electron chi connectivity index (χ0n) is 17.3. The Morgan fingerprint density at radius 2 is 1.65 bits per heavy atom. The molecule has 31 heavy (non-hydrogen) atoms. The van der Waals surface area contributed by atoms with Crippen molar-refractivity contribution in [1.82, 2.24) is 9.47 Å². The Morgan fingerprint density at radius 3 is 2.39 bits per heavy atom. The Balaban J connectivity index is 1.71. The number of benzene rings is 3. The van der Waals surface area contributed by atoms with Gasteiger partial charge in [0.15, 0.2) is 0 Å². The first kappa shape index (κ1) is 20.7. The van der Waals surface area contributed by atoms with E-state index in [0.717, 1.165) is 16.5 Å². The van der Waals surface area contributed by atoms with Gasteiger partial charge in [-0.15, -0.1) is 0 Å². The molecule has 0 spiro atoms. The molecule has 4 rings (SSSR count). The van der Waals surface area contributed by atoms with Gasteiger partial charge in [0.05, 0.1) is 10.7 Å². The summed E-state index contributed by atoms with van der Waals surface area (Å²) in [6.07, 6.45) is 0. The number of rotatable bonds is 5. The number of fused-ring (bicyclic) bond motifs is 1. The van der Waals surface area contributed by atoms with Crippen LogP contribution in [-0.2, 0) is 6.54 Å². The highest BCUT2D eigenvalue weighted by Gasteiger charge is 2.18. The number of nitrogens with zero attached hydrogens (tertiary/aromatic N) is 2. The molecule has 4 aromatic rings. The topological polar surface area (TPSA) is 54.3 Å². The number of aromatic nitrogens is 1. The minimum Gasteiger partial charge on any atom is -0.345 e. The molecule has 0 saturated heterocycles. The highest BCUT2D eigenvalue weighted by Crippen LogP contribution is 2.26. The Bertz CT molecular complexity index is 1260. The van der Waals surface area contributed by atoms with Crippen molar-refractivity contribution < 1.29 is 9.59 Å². The van der Waals surface area contributed by atoms with Crippen LogP contribution in [0.5, 0.6) is 0 Å². The number of hydrogen-bond acceptors (Lipinski definition) is 2. The highest BCUT2D eigenvalue weighted by molar-refractivity contribution is 6.34. The molecular formula is C25H22ClN3O2. The zero-order chi connectivity index (χ0) is 22.0. The second-order valence-corrected chi connectivity index (χ2v) is 7.92. The lowest BCUT2D eigenvalue weighted by Crippen LogP contribution is -2.22. The monoisotopic (exact) mass is 431 g/mol. The second-order valence-electron chi connectivity index (χ2n) is 7.51. The van der Waals surface area contributed by atoms with Crippen molar-refractivity contribution in [3.8, 4) is 0 Å². The number of nitrogens with one attached hydrogen (secondary N) is 1. The van der Waals surface area contributed by atoms with Gasteiger partial charge in [-0.3, -0.25) is 9.59 Å². The van der Waals surface area contributed by atoms with E-state index in [1.807, 2.05) is 65.2 Å². The average molecular weight is 432 g/mol. The third-order valence-corrected chi connectivity index (χ3v) is 5.42. The van der Waals surface area contributed by atoms with E-state index in [2.05, 4.69) is 5.32 Å². The number of carbonyl (C=O) groups excluding carboxylic acids is 2. The fourth-order valence-electron chi connectivity index (χ4n) is 3.53. The molecule has 2 amide bonds. The molecule has 0 radical (unpaired) electrons. The van der Waals surface area contributed by atoms with Crippen molar-refractivity contribution in [2.24, 2.45) is 0 Å². The second kappa shape index (κ2) is 8.66. The van der Waals surface area contributed by atoms with Crippen LogP contribution >= 0.6 is 11.6 Å². The van der Waals surface area contributed by atoms with Crippen LogP contribution in [0.3, 0.4) is 0 Å². The summed E-state index contributed by atoms with van der Waals surface area (Å²) in [5.41, 5.74) is 3.43. The van der Waals surface area contributed by atoms with Crippen LogP contribution in [0.2, 0.25) is 5.02 Å². The van der Waals surface area contributed by atoms with Crippen LogP contribution in [0, 0.1) is 0 Å². The molecule has 0 bridgehead atoms. The summed E-state index contributed by atoms with van der Waals surface area (Å²) in [6, 6.07) is 24.6. The summed E-state index contributed by atoms with van der Waals surface area (Å²) in [6.45, 7) is 0.560. The van der Waals surface area contributed by atoms with E-state index in [1.54, 1.807) is 32.3 Å². The number of hydrogen-bond donors (Lipinski definition) is 1. The molecule has 1 aromatic heterocycles. The van der Waals surface area contributed by atoms with Crippen LogP contribution in [-0.4, -0.2) is 35.4 Å².